The van der Waals surface area contributed by atoms with Crippen molar-refractivity contribution in [3.05, 3.63) is 95.1 Å². The van der Waals surface area contributed by atoms with Crippen LogP contribution in [-0.4, -0.2) is 15.5 Å². The molecule has 1 N–H and O–H groups in total. The minimum absolute atomic E-state index is 0.250. The second-order valence-corrected chi connectivity index (χ2v) is 8.21. The molecule has 0 aliphatic carbocycles. The van der Waals surface area contributed by atoms with Crippen molar-refractivity contribution in [2.75, 3.05) is 7.11 Å². The molecule has 3 aromatic carbocycles. The summed E-state index contributed by atoms with van der Waals surface area (Å²) < 4.78 is 34.1. The smallest absolute Gasteiger partial charge is 0.241 e. The molecule has 5 heteroatoms. The average Bonchev–Trinajstić information content (AvgIpc) is 2.67. The number of rotatable bonds is 6. The van der Waals surface area contributed by atoms with Crippen molar-refractivity contribution in [3.63, 3.8) is 0 Å². The van der Waals surface area contributed by atoms with Gasteiger partial charge in [-0.05, 0) is 54.8 Å². The van der Waals surface area contributed by atoms with Gasteiger partial charge in [0.25, 0.3) is 0 Å². The molecule has 4 nitrogen and oxygen atoms in total. The summed E-state index contributed by atoms with van der Waals surface area (Å²) in [6, 6.07) is 21.6. The van der Waals surface area contributed by atoms with Gasteiger partial charge in [-0.25, -0.2) is 8.42 Å². The van der Waals surface area contributed by atoms with Gasteiger partial charge in [0.1, 0.15) is 5.75 Å². The standard InChI is InChI=1S/C22H23NO3S/c1-16-8-14-20(15-9-16)27(24,25)23-22(21-7-5-4-6-17(21)2)18-10-12-19(26-3)13-11-18/h4-15,22-23H,1-3H3/t22-/m0/s1. The minimum Gasteiger partial charge on any atom is -0.497 e. The summed E-state index contributed by atoms with van der Waals surface area (Å²) in [4.78, 5) is 0.250. The highest BCUT2D eigenvalue weighted by Gasteiger charge is 2.24. The first-order chi connectivity index (χ1) is 12.9. The lowest BCUT2D eigenvalue weighted by molar-refractivity contribution is 0.414. The van der Waals surface area contributed by atoms with Crippen molar-refractivity contribution in [2.24, 2.45) is 0 Å². The van der Waals surface area contributed by atoms with Gasteiger partial charge in [-0.2, -0.15) is 4.72 Å². The Balaban J connectivity index is 2.04. The molecule has 3 rings (SSSR count). The van der Waals surface area contributed by atoms with Gasteiger partial charge in [0.2, 0.25) is 10.0 Å². The van der Waals surface area contributed by atoms with Crippen LogP contribution in [0.3, 0.4) is 0 Å². The Kier molecular flexibility index (Phi) is 5.63. The molecule has 0 saturated carbocycles. The van der Waals surface area contributed by atoms with Gasteiger partial charge in [0.15, 0.2) is 0 Å². The third-order valence-corrected chi connectivity index (χ3v) is 5.99. The predicted molar refractivity (Wildman–Crippen MR) is 108 cm³/mol. The van der Waals surface area contributed by atoms with E-state index in [2.05, 4.69) is 4.72 Å². The third kappa shape index (κ3) is 4.38. The number of aryl methyl sites for hydroxylation is 2. The van der Waals surface area contributed by atoms with Crippen LogP contribution in [0.5, 0.6) is 5.75 Å². The summed E-state index contributed by atoms with van der Waals surface area (Å²) in [5.41, 5.74) is 3.80. The lowest BCUT2D eigenvalue weighted by atomic mass is 9.96. The Hall–Kier alpha value is -2.63. The summed E-state index contributed by atoms with van der Waals surface area (Å²) in [7, 11) is -2.08. The van der Waals surface area contributed by atoms with Crippen LogP contribution >= 0.6 is 0 Å². The van der Waals surface area contributed by atoms with Crippen LogP contribution in [0.2, 0.25) is 0 Å². The van der Waals surface area contributed by atoms with E-state index in [4.69, 9.17) is 4.74 Å². The molecule has 0 radical (unpaired) electrons. The van der Waals surface area contributed by atoms with Crippen molar-refractivity contribution >= 4 is 10.0 Å². The second-order valence-electron chi connectivity index (χ2n) is 6.50. The summed E-state index contributed by atoms with van der Waals surface area (Å²) in [5, 5.41) is 0. The largest absolute Gasteiger partial charge is 0.497 e. The summed E-state index contributed by atoms with van der Waals surface area (Å²) >= 11 is 0. The number of hydrogen-bond donors (Lipinski definition) is 1. The molecular weight excluding hydrogens is 358 g/mol. The van der Waals surface area contributed by atoms with E-state index in [0.717, 1.165) is 28.0 Å². The third-order valence-electron chi connectivity index (χ3n) is 4.55. The normalized spacial score (nSPS) is 12.6. The maximum atomic E-state index is 13.0. The van der Waals surface area contributed by atoms with Crippen LogP contribution in [0.1, 0.15) is 28.3 Å². The van der Waals surface area contributed by atoms with E-state index in [1.807, 2.05) is 62.4 Å². The van der Waals surface area contributed by atoms with Crippen molar-refractivity contribution in [3.8, 4) is 5.75 Å². The zero-order valence-corrected chi connectivity index (χ0v) is 16.5. The van der Waals surface area contributed by atoms with Gasteiger partial charge in [-0.15, -0.1) is 0 Å². The Morgan fingerprint density at radius 1 is 0.852 bits per heavy atom. The average molecular weight is 381 g/mol. The van der Waals surface area contributed by atoms with Crippen molar-refractivity contribution in [2.45, 2.75) is 24.8 Å². The molecule has 27 heavy (non-hydrogen) atoms. The molecule has 0 saturated heterocycles. The molecule has 0 unspecified atom stereocenters. The summed E-state index contributed by atoms with van der Waals surface area (Å²) in [5.74, 6) is 0.726. The molecule has 0 amide bonds. The van der Waals surface area contributed by atoms with Crippen molar-refractivity contribution < 1.29 is 13.2 Å². The van der Waals surface area contributed by atoms with Crippen LogP contribution < -0.4 is 9.46 Å². The Morgan fingerprint density at radius 2 is 1.48 bits per heavy atom. The van der Waals surface area contributed by atoms with Gasteiger partial charge >= 0.3 is 0 Å². The highest BCUT2D eigenvalue weighted by molar-refractivity contribution is 7.89. The highest BCUT2D eigenvalue weighted by Crippen LogP contribution is 2.28. The van der Waals surface area contributed by atoms with Crippen LogP contribution in [0.4, 0.5) is 0 Å². The Labute approximate surface area is 160 Å². The summed E-state index contributed by atoms with van der Waals surface area (Å²) in [6.45, 7) is 3.91. The van der Waals surface area contributed by atoms with Gasteiger partial charge in [0, 0.05) is 0 Å². The van der Waals surface area contributed by atoms with E-state index in [1.54, 1.807) is 31.4 Å². The highest BCUT2D eigenvalue weighted by atomic mass is 32.2. The molecule has 140 valence electrons. The molecule has 0 bridgehead atoms. The SMILES string of the molecule is COc1ccc([C@H](NS(=O)(=O)c2ccc(C)cc2)c2ccccc2C)cc1. The van der Waals surface area contributed by atoms with E-state index in [-0.39, 0.29) is 4.90 Å². The maximum absolute atomic E-state index is 13.0. The number of nitrogens with one attached hydrogen (secondary N) is 1. The lowest BCUT2D eigenvalue weighted by Gasteiger charge is -2.22. The van der Waals surface area contributed by atoms with E-state index >= 15 is 0 Å². The van der Waals surface area contributed by atoms with Crippen LogP contribution in [-0.2, 0) is 10.0 Å². The predicted octanol–water partition coefficient (Wildman–Crippen LogP) is 4.38. The Morgan fingerprint density at radius 3 is 2.07 bits per heavy atom. The zero-order chi connectivity index (χ0) is 19.4. The quantitative estimate of drug-likeness (QED) is 0.689. The van der Waals surface area contributed by atoms with Crippen LogP contribution in [0.25, 0.3) is 0 Å². The van der Waals surface area contributed by atoms with E-state index in [1.165, 1.54) is 0 Å². The molecule has 0 aromatic heterocycles. The lowest BCUT2D eigenvalue weighted by Crippen LogP contribution is -2.30. The molecule has 3 aromatic rings. The second kappa shape index (κ2) is 7.94. The van der Waals surface area contributed by atoms with Crippen LogP contribution in [0.15, 0.2) is 77.7 Å². The molecule has 1 atom stereocenters. The first-order valence-electron chi connectivity index (χ1n) is 8.69. The fraction of sp³-hybridized carbons (Fsp3) is 0.182. The number of methoxy groups -OCH3 is 1. The fourth-order valence-corrected chi connectivity index (χ4v) is 4.16. The molecule has 0 spiro atoms. The van der Waals surface area contributed by atoms with E-state index in [0.29, 0.717) is 0 Å². The molecule has 0 aliphatic rings. The molecule has 0 aliphatic heterocycles. The zero-order valence-electron chi connectivity index (χ0n) is 15.6. The first-order valence-corrected chi connectivity index (χ1v) is 10.2. The van der Waals surface area contributed by atoms with Crippen molar-refractivity contribution in [1.29, 1.82) is 0 Å². The number of sulfonamides is 1. The fourth-order valence-electron chi connectivity index (χ4n) is 2.96. The number of hydrogen-bond acceptors (Lipinski definition) is 3. The first kappa shape index (κ1) is 19.1. The summed E-state index contributed by atoms with van der Waals surface area (Å²) in [6.07, 6.45) is 0. The monoisotopic (exact) mass is 381 g/mol. The van der Waals surface area contributed by atoms with Crippen molar-refractivity contribution in [1.82, 2.24) is 4.72 Å². The Bertz CT molecular complexity index is 1010. The van der Waals surface area contributed by atoms with E-state index < -0.39 is 16.1 Å². The number of benzene rings is 3. The van der Waals surface area contributed by atoms with Crippen LogP contribution in [0, 0.1) is 13.8 Å². The van der Waals surface area contributed by atoms with Gasteiger partial charge in [-0.3, -0.25) is 0 Å². The topological polar surface area (TPSA) is 55.4 Å². The van der Waals surface area contributed by atoms with Gasteiger partial charge in [0.05, 0.1) is 18.0 Å². The molecule has 0 fully saturated rings. The van der Waals surface area contributed by atoms with E-state index in [9.17, 15) is 8.42 Å². The minimum atomic E-state index is -3.69. The van der Waals surface area contributed by atoms with Gasteiger partial charge < -0.3 is 4.74 Å². The molecule has 0 heterocycles. The number of ether oxygens (including phenoxy) is 1. The molecular formula is C22H23NO3S. The maximum Gasteiger partial charge on any atom is 0.241 e. The van der Waals surface area contributed by atoms with Gasteiger partial charge in [-0.1, -0.05) is 54.1 Å².